The number of nitriles is 1. The average Bonchev–Trinajstić information content (AvgIpc) is 3.52. The molecule has 1 atom stereocenters. The molecule has 4 aromatic carbocycles. The van der Waals surface area contributed by atoms with Crippen LogP contribution in [0.4, 0.5) is 0 Å². The number of ether oxygens (including phenoxy) is 1. The predicted octanol–water partition coefficient (Wildman–Crippen LogP) is 5.69. The van der Waals surface area contributed by atoms with Gasteiger partial charge in [0, 0.05) is 30.7 Å². The summed E-state index contributed by atoms with van der Waals surface area (Å²) in [7, 11) is 0. The number of unbranched alkanes of at least 4 members (excludes halogenated alkanes) is 1. The maximum absolute atomic E-state index is 14.1. The molecule has 0 radical (unpaired) electrons. The van der Waals surface area contributed by atoms with Gasteiger partial charge in [-0.05, 0) is 51.9 Å². The van der Waals surface area contributed by atoms with Gasteiger partial charge in [0.05, 0.1) is 19.0 Å². The molecule has 0 bridgehead atoms. The first-order valence-corrected chi connectivity index (χ1v) is 13.9. The van der Waals surface area contributed by atoms with Crippen molar-refractivity contribution in [2.24, 2.45) is 5.92 Å². The number of amides is 1. The lowest BCUT2D eigenvalue weighted by atomic mass is 9.87. The lowest BCUT2D eigenvalue weighted by Gasteiger charge is -2.23. The number of fused-ring (bicyclic) bond motifs is 2. The normalized spacial score (nSPS) is 11.8. The first kappa shape index (κ1) is 27.6. The standard InChI is InChI=1S/C34H32N4O3/c35-17-5-6-18-41-34(40)32(21-29-22-36-23-37-29)38-33(39)28(19-26-13-7-11-24-9-1-3-15-30(24)26)20-27-14-8-12-25-10-2-4-16-31(25)27/h1-4,7-16,22-23,28,32H,5-6,18-21H2,(H,36,37)(H,38,39)/t32-/m0/s1. The Morgan fingerprint density at radius 2 is 1.46 bits per heavy atom. The molecule has 5 aromatic rings. The van der Waals surface area contributed by atoms with E-state index < -0.39 is 17.9 Å². The van der Waals surface area contributed by atoms with Gasteiger partial charge in [-0.25, -0.2) is 9.78 Å². The van der Waals surface area contributed by atoms with Crippen molar-refractivity contribution >= 4 is 33.4 Å². The molecule has 0 aliphatic rings. The number of carbonyl (C=O) groups excluding carboxylic acids is 2. The Bertz CT molecular complexity index is 1580. The minimum atomic E-state index is -0.896. The predicted molar refractivity (Wildman–Crippen MR) is 159 cm³/mol. The van der Waals surface area contributed by atoms with E-state index in [4.69, 9.17) is 10.00 Å². The maximum atomic E-state index is 14.1. The summed E-state index contributed by atoms with van der Waals surface area (Å²) >= 11 is 0. The van der Waals surface area contributed by atoms with E-state index in [1.165, 1.54) is 6.33 Å². The number of rotatable bonds is 12. The number of esters is 1. The fourth-order valence-electron chi connectivity index (χ4n) is 5.25. The van der Waals surface area contributed by atoms with Gasteiger partial charge in [-0.2, -0.15) is 5.26 Å². The van der Waals surface area contributed by atoms with Crippen molar-refractivity contribution in [2.75, 3.05) is 6.61 Å². The lowest BCUT2D eigenvalue weighted by Crippen LogP contribution is -2.46. The second-order valence-corrected chi connectivity index (χ2v) is 10.2. The average molecular weight is 545 g/mol. The first-order chi connectivity index (χ1) is 20.1. The molecule has 0 aliphatic carbocycles. The summed E-state index contributed by atoms with van der Waals surface area (Å²) in [5.74, 6) is -1.19. The van der Waals surface area contributed by atoms with E-state index in [9.17, 15) is 9.59 Å². The number of benzene rings is 4. The molecule has 0 unspecified atom stereocenters. The summed E-state index contributed by atoms with van der Waals surface area (Å²) in [5, 5.41) is 16.3. The number of aromatic amines is 1. The molecule has 41 heavy (non-hydrogen) atoms. The Morgan fingerprint density at radius 1 is 0.854 bits per heavy atom. The SMILES string of the molecule is N#CCCCOC(=O)[C@H](Cc1cnc[nH]1)NC(=O)C(Cc1cccc2ccccc12)Cc1cccc2ccccc12. The van der Waals surface area contributed by atoms with E-state index in [2.05, 4.69) is 69.9 Å². The van der Waals surface area contributed by atoms with E-state index in [-0.39, 0.29) is 18.9 Å². The van der Waals surface area contributed by atoms with Gasteiger partial charge >= 0.3 is 5.97 Å². The summed E-state index contributed by atoms with van der Waals surface area (Å²) in [6.45, 7) is 0.122. The monoisotopic (exact) mass is 544 g/mol. The molecule has 0 saturated carbocycles. The van der Waals surface area contributed by atoms with Crippen LogP contribution in [0.15, 0.2) is 97.5 Å². The highest BCUT2D eigenvalue weighted by Gasteiger charge is 2.28. The second kappa shape index (κ2) is 13.4. The zero-order valence-electron chi connectivity index (χ0n) is 22.8. The maximum Gasteiger partial charge on any atom is 0.329 e. The van der Waals surface area contributed by atoms with Crippen LogP contribution in [0.1, 0.15) is 29.7 Å². The highest BCUT2D eigenvalue weighted by Crippen LogP contribution is 2.26. The number of nitrogens with one attached hydrogen (secondary N) is 2. The third kappa shape index (κ3) is 6.98. The van der Waals surface area contributed by atoms with Crippen molar-refractivity contribution in [2.45, 2.75) is 38.1 Å². The number of nitrogens with zero attached hydrogens (tertiary/aromatic N) is 2. The van der Waals surface area contributed by atoms with Crippen molar-refractivity contribution < 1.29 is 14.3 Å². The highest BCUT2D eigenvalue weighted by molar-refractivity contribution is 5.90. The van der Waals surface area contributed by atoms with Gasteiger partial charge < -0.3 is 15.0 Å². The van der Waals surface area contributed by atoms with Crippen molar-refractivity contribution in [1.29, 1.82) is 5.26 Å². The van der Waals surface area contributed by atoms with Crippen LogP contribution in [0.5, 0.6) is 0 Å². The van der Waals surface area contributed by atoms with Crippen LogP contribution < -0.4 is 5.32 Å². The van der Waals surface area contributed by atoms with Gasteiger partial charge in [0.15, 0.2) is 0 Å². The van der Waals surface area contributed by atoms with E-state index in [1.54, 1.807) is 6.20 Å². The van der Waals surface area contributed by atoms with Crippen LogP contribution in [-0.4, -0.2) is 34.5 Å². The van der Waals surface area contributed by atoms with Crippen molar-refractivity contribution in [1.82, 2.24) is 15.3 Å². The summed E-state index contributed by atoms with van der Waals surface area (Å²) < 4.78 is 5.45. The Labute approximate surface area is 239 Å². The van der Waals surface area contributed by atoms with Gasteiger partial charge in [-0.15, -0.1) is 0 Å². The van der Waals surface area contributed by atoms with Crippen LogP contribution in [0, 0.1) is 17.2 Å². The quantitative estimate of drug-likeness (QED) is 0.155. The third-order valence-corrected chi connectivity index (χ3v) is 7.32. The largest absolute Gasteiger partial charge is 0.464 e. The van der Waals surface area contributed by atoms with Crippen molar-refractivity contribution in [3.63, 3.8) is 0 Å². The molecule has 1 amide bonds. The van der Waals surface area contributed by atoms with E-state index in [0.29, 0.717) is 31.4 Å². The van der Waals surface area contributed by atoms with Gasteiger partial charge in [0.2, 0.25) is 5.91 Å². The number of hydrogen-bond donors (Lipinski definition) is 2. The number of H-pyrrole nitrogens is 1. The molecule has 5 rings (SSSR count). The summed E-state index contributed by atoms with van der Waals surface area (Å²) in [4.78, 5) is 34.2. The van der Waals surface area contributed by atoms with Crippen LogP contribution in [0.2, 0.25) is 0 Å². The third-order valence-electron chi connectivity index (χ3n) is 7.32. The molecule has 0 aliphatic heterocycles. The van der Waals surface area contributed by atoms with Crippen molar-refractivity contribution in [3.8, 4) is 6.07 Å². The topological polar surface area (TPSA) is 108 Å². The summed E-state index contributed by atoms with van der Waals surface area (Å²) in [6, 6.07) is 29.8. The van der Waals surface area contributed by atoms with Crippen molar-refractivity contribution in [3.05, 3.63) is 114 Å². The summed E-state index contributed by atoms with van der Waals surface area (Å²) in [6.07, 6.45) is 5.13. The van der Waals surface area contributed by atoms with Crippen LogP contribution in [0.3, 0.4) is 0 Å². The molecular weight excluding hydrogens is 512 g/mol. The minimum Gasteiger partial charge on any atom is -0.464 e. The van der Waals surface area contributed by atoms with Crippen LogP contribution in [-0.2, 0) is 33.6 Å². The Balaban J connectivity index is 1.44. The number of carbonyl (C=O) groups is 2. The van der Waals surface area contributed by atoms with Gasteiger partial charge in [-0.3, -0.25) is 4.79 Å². The van der Waals surface area contributed by atoms with E-state index >= 15 is 0 Å². The Morgan fingerprint density at radius 3 is 2.05 bits per heavy atom. The molecule has 206 valence electrons. The number of imidazole rings is 1. The molecular formula is C34H32N4O3. The summed E-state index contributed by atoms with van der Waals surface area (Å²) in [5.41, 5.74) is 2.87. The fraction of sp³-hybridized carbons (Fsp3) is 0.235. The lowest BCUT2D eigenvalue weighted by molar-refractivity contribution is -0.148. The molecule has 1 aromatic heterocycles. The molecule has 7 heteroatoms. The van der Waals surface area contributed by atoms with Crippen LogP contribution >= 0.6 is 0 Å². The molecule has 7 nitrogen and oxygen atoms in total. The minimum absolute atomic E-state index is 0.122. The molecule has 0 spiro atoms. The van der Waals surface area contributed by atoms with Gasteiger partial charge in [0.1, 0.15) is 6.04 Å². The van der Waals surface area contributed by atoms with E-state index in [1.807, 2.05) is 36.4 Å². The van der Waals surface area contributed by atoms with E-state index in [0.717, 1.165) is 32.7 Å². The zero-order valence-corrected chi connectivity index (χ0v) is 22.8. The highest BCUT2D eigenvalue weighted by atomic mass is 16.5. The Hall–Kier alpha value is -4.96. The first-order valence-electron chi connectivity index (χ1n) is 13.9. The van der Waals surface area contributed by atoms with Gasteiger partial charge in [0.25, 0.3) is 0 Å². The zero-order chi connectivity index (χ0) is 28.4. The number of aromatic nitrogens is 2. The molecule has 0 saturated heterocycles. The smallest absolute Gasteiger partial charge is 0.329 e. The fourth-order valence-corrected chi connectivity index (χ4v) is 5.25. The molecule has 1 heterocycles. The second-order valence-electron chi connectivity index (χ2n) is 10.2. The molecule has 2 N–H and O–H groups in total. The van der Waals surface area contributed by atoms with Gasteiger partial charge in [-0.1, -0.05) is 84.9 Å². The molecule has 0 fully saturated rings. The van der Waals surface area contributed by atoms with Crippen LogP contribution in [0.25, 0.3) is 21.5 Å². The Kier molecular flexibility index (Phi) is 9.02. The number of hydrogen-bond acceptors (Lipinski definition) is 5.